The second kappa shape index (κ2) is 8.32. The van der Waals surface area contributed by atoms with E-state index in [1.54, 1.807) is 19.1 Å². The van der Waals surface area contributed by atoms with E-state index in [0.717, 1.165) is 13.0 Å². The first-order chi connectivity index (χ1) is 10.4. The van der Waals surface area contributed by atoms with Gasteiger partial charge in [0.2, 0.25) is 0 Å². The molecule has 0 saturated heterocycles. The lowest BCUT2D eigenvalue weighted by molar-refractivity contribution is -0.112. The number of esters is 1. The summed E-state index contributed by atoms with van der Waals surface area (Å²) in [4.78, 5) is 23.5. The fourth-order valence-corrected chi connectivity index (χ4v) is 1.95. The van der Waals surface area contributed by atoms with Gasteiger partial charge in [-0.3, -0.25) is 10.2 Å². The van der Waals surface area contributed by atoms with Gasteiger partial charge in [-0.15, -0.1) is 0 Å². The maximum absolute atomic E-state index is 11.8. The number of anilines is 1. The Morgan fingerprint density at radius 2 is 1.86 bits per heavy atom. The Balaban J connectivity index is 3.08. The minimum Gasteiger partial charge on any atom is -0.465 e. The van der Waals surface area contributed by atoms with Gasteiger partial charge in [-0.2, -0.15) is 0 Å². The van der Waals surface area contributed by atoms with Gasteiger partial charge in [0.05, 0.1) is 12.7 Å². The molecule has 0 heterocycles. The summed E-state index contributed by atoms with van der Waals surface area (Å²) in [6, 6.07) is 4.93. The molecule has 0 spiro atoms. The minimum absolute atomic E-state index is 0.0832. The summed E-state index contributed by atoms with van der Waals surface area (Å²) >= 11 is 0. The number of hydrogen-bond donors (Lipinski definition) is 2. The lowest BCUT2D eigenvalue weighted by atomic mass is 10.0. The van der Waals surface area contributed by atoms with Crippen molar-refractivity contribution in [2.45, 2.75) is 33.6 Å². The number of ketones is 1. The molecule has 0 unspecified atom stereocenters. The molecule has 0 bridgehead atoms. The molecule has 2 N–H and O–H groups in total. The van der Waals surface area contributed by atoms with Crippen LogP contribution in [0.15, 0.2) is 18.2 Å². The first-order valence-corrected chi connectivity index (χ1v) is 7.48. The Bertz CT molecular complexity index is 565. The summed E-state index contributed by atoms with van der Waals surface area (Å²) in [5, 5.41) is 11.2. The molecule has 1 aromatic carbocycles. The summed E-state index contributed by atoms with van der Waals surface area (Å²) in [7, 11) is 1.31. The molecule has 5 heteroatoms. The first-order valence-electron chi connectivity index (χ1n) is 7.48. The highest BCUT2D eigenvalue weighted by Gasteiger charge is 2.15. The van der Waals surface area contributed by atoms with Gasteiger partial charge in [-0.05, 0) is 30.5 Å². The molecule has 5 nitrogen and oxygen atoms in total. The van der Waals surface area contributed by atoms with E-state index in [1.165, 1.54) is 13.2 Å². The highest BCUT2D eigenvalue weighted by molar-refractivity contribution is 6.45. The van der Waals surface area contributed by atoms with Gasteiger partial charge in [-0.25, -0.2) is 4.79 Å². The third-order valence-electron chi connectivity index (χ3n) is 3.29. The number of ether oxygens (including phenoxy) is 1. The zero-order chi connectivity index (χ0) is 16.7. The molecular formula is C17H24N2O3. The summed E-state index contributed by atoms with van der Waals surface area (Å²) in [5.74, 6) is -0.170. The highest BCUT2D eigenvalue weighted by atomic mass is 16.5. The molecule has 22 heavy (non-hydrogen) atoms. The predicted molar refractivity (Wildman–Crippen MR) is 87.9 cm³/mol. The molecule has 0 fully saturated rings. The van der Waals surface area contributed by atoms with Crippen molar-refractivity contribution in [1.82, 2.24) is 0 Å². The van der Waals surface area contributed by atoms with Gasteiger partial charge in [0.25, 0.3) is 0 Å². The van der Waals surface area contributed by atoms with Crippen molar-refractivity contribution in [3.8, 4) is 0 Å². The summed E-state index contributed by atoms with van der Waals surface area (Å²) in [5.41, 5.74) is 1.40. The van der Waals surface area contributed by atoms with Gasteiger partial charge in [0, 0.05) is 24.2 Å². The van der Waals surface area contributed by atoms with E-state index in [-0.39, 0.29) is 17.9 Å². The quantitative estimate of drug-likeness (QED) is 0.570. The monoisotopic (exact) mass is 304 g/mol. The van der Waals surface area contributed by atoms with E-state index in [0.29, 0.717) is 22.7 Å². The third kappa shape index (κ3) is 4.98. The molecule has 0 aliphatic carbocycles. The third-order valence-corrected chi connectivity index (χ3v) is 3.29. The van der Waals surface area contributed by atoms with Crippen LogP contribution >= 0.6 is 0 Å². The average Bonchev–Trinajstić information content (AvgIpc) is 2.51. The van der Waals surface area contributed by atoms with Gasteiger partial charge in [0.15, 0.2) is 5.78 Å². The van der Waals surface area contributed by atoms with Gasteiger partial charge in [-0.1, -0.05) is 20.8 Å². The van der Waals surface area contributed by atoms with Crippen LogP contribution in [0.4, 0.5) is 5.69 Å². The van der Waals surface area contributed by atoms with Crippen LogP contribution in [0.3, 0.4) is 0 Å². The second-order valence-corrected chi connectivity index (χ2v) is 5.55. The maximum Gasteiger partial charge on any atom is 0.337 e. The molecule has 0 amide bonds. The largest absolute Gasteiger partial charge is 0.465 e. The van der Waals surface area contributed by atoms with Crippen molar-refractivity contribution in [3.63, 3.8) is 0 Å². The van der Waals surface area contributed by atoms with Crippen molar-refractivity contribution in [3.05, 3.63) is 29.3 Å². The minimum atomic E-state index is -0.481. The van der Waals surface area contributed by atoms with Crippen molar-refractivity contribution < 1.29 is 14.3 Å². The number of benzene rings is 1. The normalized spacial score (nSPS) is 10.4. The van der Waals surface area contributed by atoms with Crippen LogP contribution in [-0.2, 0) is 9.53 Å². The molecule has 0 aliphatic rings. The molecule has 0 atom stereocenters. The number of hydrogen-bond acceptors (Lipinski definition) is 5. The van der Waals surface area contributed by atoms with Crippen LogP contribution in [0.1, 0.15) is 49.5 Å². The summed E-state index contributed by atoms with van der Waals surface area (Å²) in [6.45, 7) is 6.74. The Hall–Kier alpha value is -2.17. The number of carbonyl (C=O) groups excluding carboxylic acids is 2. The number of methoxy groups -OCH3 is 1. The van der Waals surface area contributed by atoms with Crippen LogP contribution < -0.4 is 5.32 Å². The van der Waals surface area contributed by atoms with Crippen LogP contribution in [0.5, 0.6) is 0 Å². The Labute approximate surface area is 131 Å². The molecule has 1 aromatic rings. The van der Waals surface area contributed by atoms with Gasteiger partial charge in [0.1, 0.15) is 5.71 Å². The molecule has 0 aliphatic heterocycles. The van der Waals surface area contributed by atoms with Crippen LogP contribution in [0.2, 0.25) is 0 Å². The molecule has 120 valence electrons. The van der Waals surface area contributed by atoms with Crippen molar-refractivity contribution in [1.29, 1.82) is 5.41 Å². The maximum atomic E-state index is 11.8. The fourth-order valence-electron chi connectivity index (χ4n) is 1.95. The fraction of sp³-hybridized carbons (Fsp3) is 0.471. The van der Waals surface area contributed by atoms with E-state index in [1.807, 2.05) is 0 Å². The van der Waals surface area contributed by atoms with Gasteiger partial charge < -0.3 is 10.1 Å². The number of rotatable bonds is 8. The Morgan fingerprint density at radius 1 is 1.23 bits per heavy atom. The van der Waals surface area contributed by atoms with Crippen LogP contribution in [0, 0.1) is 11.3 Å². The number of carbonyl (C=O) groups is 2. The molecule has 0 radical (unpaired) electrons. The predicted octanol–water partition coefficient (Wildman–Crippen LogP) is 3.28. The standard InChI is InChI=1S/C17H24N2O3/c1-5-15(20)16(18)12-8-13(17(21)22-4)10-14(9-12)19-7-6-11(2)3/h8-11,18-19H,5-7H2,1-4H3. The summed E-state index contributed by atoms with van der Waals surface area (Å²) < 4.78 is 4.73. The number of nitrogens with one attached hydrogen (secondary N) is 2. The second-order valence-electron chi connectivity index (χ2n) is 5.55. The molecule has 0 aromatic heterocycles. The average molecular weight is 304 g/mol. The van der Waals surface area contributed by atoms with E-state index < -0.39 is 5.97 Å². The lowest BCUT2D eigenvalue weighted by Gasteiger charge is -2.12. The van der Waals surface area contributed by atoms with Crippen molar-refractivity contribution in [2.75, 3.05) is 19.0 Å². The zero-order valence-corrected chi connectivity index (χ0v) is 13.7. The zero-order valence-electron chi connectivity index (χ0n) is 13.7. The van der Waals surface area contributed by atoms with E-state index in [2.05, 4.69) is 19.2 Å². The molecule has 1 rings (SSSR count). The smallest absolute Gasteiger partial charge is 0.337 e. The Morgan fingerprint density at radius 3 is 2.41 bits per heavy atom. The SMILES string of the molecule is CCC(=O)C(=N)c1cc(NCCC(C)C)cc(C(=O)OC)c1. The van der Waals surface area contributed by atoms with E-state index in [4.69, 9.17) is 10.1 Å². The van der Waals surface area contributed by atoms with Crippen molar-refractivity contribution in [2.24, 2.45) is 5.92 Å². The van der Waals surface area contributed by atoms with Crippen LogP contribution in [-0.4, -0.2) is 31.1 Å². The summed E-state index contributed by atoms with van der Waals surface area (Å²) in [6.07, 6.45) is 1.25. The molecular weight excluding hydrogens is 280 g/mol. The first kappa shape index (κ1) is 17.9. The Kier molecular flexibility index (Phi) is 6.76. The topological polar surface area (TPSA) is 79.3 Å². The highest BCUT2D eigenvalue weighted by Crippen LogP contribution is 2.18. The van der Waals surface area contributed by atoms with Gasteiger partial charge >= 0.3 is 5.97 Å². The van der Waals surface area contributed by atoms with Crippen LogP contribution in [0.25, 0.3) is 0 Å². The number of Topliss-reactive ketones (excluding diaryl/α,β-unsaturated/α-hetero) is 1. The molecule has 0 saturated carbocycles. The lowest BCUT2D eigenvalue weighted by Crippen LogP contribution is -2.15. The van der Waals surface area contributed by atoms with Crippen molar-refractivity contribution >= 4 is 23.2 Å². The van der Waals surface area contributed by atoms with E-state index >= 15 is 0 Å². The van der Waals surface area contributed by atoms with E-state index in [9.17, 15) is 9.59 Å².